The normalized spacial score (nSPS) is 21.9. The number of hydrogen-bond acceptors (Lipinski definition) is 4. The fraction of sp³-hybridized carbons (Fsp3) is 0.517. The molecule has 2 aromatic rings. The van der Waals surface area contributed by atoms with Crippen LogP contribution in [-0.4, -0.2) is 23.8 Å². The molecule has 34 heavy (non-hydrogen) atoms. The van der Waals surface area contributed by atoms with E-state index < -0.39 is 23.7 Å². The van der Waals surface area contributed by atoms with Crippen LogP contribution in [0.15, 0.2) is 60.7 Å². The molecular formula is C29H39NO4. The highest BCUT2D eigenvalue weighted by Crippen LogP contribution is 2.44. The molecule has 0 unspecified atom stereocenters. The minimum Gasteiger partial charge on any atom is -0.460 e. The van der Waals surface area contributed by atoms with Crippen LogP contribution in [-0.2, 0) is 19.7 Å². The van der Waals surface area contributed by atoms with Crippen molar-refractivity contribution in [2.75, 3.05) is 0 Å². The van der Waals surface area contributed by atoms with Crippen LogP contribution >= 0.6 is 0 Å². The number of amides is 1. The van der Waals surface area contributed by atoms with E-state index in [1.165, 1.54) is 5.56 Å². The SMILES string of the molecule is C[C@@H]1CC[C@@H](C(C)(C)c2ccccc2)[C@H](OC(=O)[C@H](NC(=O)OC(C)(C)C)c2ccccc2)C1. The van der Waals surface area contributed by atoms with Gasteiger partial charge >= 0.3 is 12.1 Å². The number of carbonyl (C=O) groups excluding carboxylic acids is 2. The van der Waals surface area contributed by atoms with E-state index in [0.29, 0.717) is 11.5 Å². The first-order valence-corrected chi connectivity index (χ1v) is 12.3. The van der Waals surface area contributed by atoms with Gasteiger partial charge in [0.15, 0.2) is 6.04 Å². The molecule has 0 heterocycles. The van der Waals surface area contributed by atoms with Crippen LogP contribution in [0.4, 0.5) is 4.79 Å². The Bertz CT molecular complexity index is 949. The molecule has 0 aromatic heterocycles. The second-order valence-corrected chi connectivity index (χ2v) is 11.1. The van der Waals surface area contributed by atoms with Gasteiger partial charge in [0.05, 0.1) is 0 Å². The maximum atomic E-state index is 13.5. The van der Waals surface area contributed by atoms with Gasteiger partial charge in [-0.2, -0.15) is 0 Å². The first kappa shape index (κ1) is 25.8. The van der Waals surface area contributed by atoms with Crippen LogP contribution in [0.3, 0.4) is 0 Å². The lowest BCUT2D eigenvalue weighted by molar-refractivity contribution is -0.159. The molecule has 5 heteroatoms. The van der Waals surface area contributed by atoms with Gasteiger partial charge in [-0.05, 0) is 56.1 Å². The van der Waals surface area contributed by atoms with E-state index in [2.05, 4.69) is 50.4 Å². The van der Waals surface area contributed by atoms with Crippen molar-refractivity contribution >= 4 is 12.1 Å². The molecule has 1 amide bonds. The summed E-state index contributed by atoms with van der Waals surface area (Å²) in [6.45, 7) is 12.1. The zero-order valence-electron chi connectivity index (χ0n) is 21.3. The third-order valence-corrected chi connectivity index (χ3v) is 6.80. The molecule has 0 saturated heterocycles. The van der Waals surface area contributed by atoms with E-state index in [4.69, 9.17) is 9.47 Å². The van der Waals surface area contributed by atoms with Gasteiger partial charge in [-0.25, -0.2) is 9.59 Å². The predicted molar refractivity (Wildman–Crippen MR) is 134 cm³/mol. The molecule has 0 spiro atoms. The van der Waals surface area contributed by atoms with Gasteiger partial charge in [0, 0.05) is 5.92 Å². The van der Waals surface area contributed by atoms with Crippen molar-refractivity contribution in [3.8, 4) is 0 Å². The molecule has 2 aromatic carbocycles. The summed E-state index contributed by atoms with van der Waals surface area (Å²) in [6.07, 6.45) is 2.01. The number of rotatable bonds is 6. The van der Waals surface area contributed by atoms with Crippen molar-refractivity contribution in [1.82, 2.24) is 5.32 Å². The quantitative estimate of drug-likeness (QED) is 0.490. The van der Waals surface area contributed by atoms with E-state index in [1.54, 1.807) is 20.8 Å². The number of benzene rings is 2. The molecule has 5 nitrogen and oxygen atoms in total. The van der Waals surface area contributed by atoms with Crippen molar-refractivity contribution in [2.24, 2.45) is 11.8 Å². The van der Waals surface area contributed by atoms with Crippen molar-refractivity contribution in [1.29, 1.82) is 0 Å². The smallest absolute Gasteiger partial charge is 0.408 e. The lowest BCUT2D eigenvalue weighted by Crippen LogP contribution is -2.46. The topological polar surface area (TPSA) is 64.6 Å². The Hall–Kier alpha value is -2.82. The van der Waals surface area contributed by atoms with Crippen LogP contribution in [0.5, 0.6) is 0 Å². The Morgan fingerprint density at radius 1 is 0.912 bits per heavy atom. The first-order chi connectivity index (χ1) is 16.0. The van der Waals surface area contributed by atoms with E-state index in [-0.39, 0.29) is 17.4 Å². The second-order valence-electron chi connectivity index (χ2n) is 11.1. The average Bonchev–Trinajstić information content (AvgIpc) is 2.77. The van der Waals surface area contributed by atoms with E-state index in [9.17, 15) is 9.59 Å². The number of carbonyl (C=O) groups is 2. The molecular weight excluding hydrogens is 426 g/mol. The minimum atomic E-state index is -0.936. The Kier molecular flexibility index (Phi) is 8.06. The maximum absolute atomic E-state index is 13.5. The number of nitrogens with one attached hydrogen (secondary N) is 1. The molecule has 0 aliphatic heterocycles. The second kappa shape index (κ2) is 10.6. The molecule has 1 saturated carbocycles. The van der Waals surface area contributed by atoms with E-state index in [0.717, 1.165) is 19.3 Å². The summed E-state index contributed by atoms with van der Waals surface area (Å²) in [7, 11) is 0. The largest absolute Gasteiger partial charge is 0.460 e. The Morgan fingerprint density at radius 3 is 2.09 bits per heavy atom. The molecule has 3 rings (SSSR count). The van der Waals surface area contributed by atoms with Crippen molar-refractivity contribution in [2.45, 2.75) is 84.0 Å². The molecule has 0 radical (unpaired) electrons. The number of hydrogen-bond donors (Lipinski definition) is 1. The fourth-order valence-corrected chi connectivity index (χ4v) is 4.93. The van der Waals surface area contributed by atoms with Gasteiger partial charge in [0.1, 0.15) is 11.7 Å². The summed E-state index contributed by atoms with van der Waals surface area (Å²) in [6, 6.07) is 18.7. The highest BCUT2D eigenvalue weighted by molar-refractivity contribution is 5.83. The highest BCUT2D eigenvalue weighted by Gasteiger charge is 2.43. The molecule has 1 fully saturated rings. The van der Waals surface area contributed by atoms with Gasteiger partial charge in [-0.15, -0.1) is 0 Å². The zero-order chi connectivity index (χ0) is 24.9. The van der Waals surface area contributed by atoms with Gasteiger partial charge in [0.25, 0.3) is 0 Å². The predicted octanol–water partition coefficient (Wildman–Crippen LogP) is 6.58. The highest BCUT2D eigenvalue weighted by atomic mass is 16.6. The van der Waals surface area contributed by atoms with Crippen LogP contribution in [0, 0.1) is 11.8 Å². The van der Waals surface area contributed by atoms with Gasteiger partial charge in [0.2, 0.25) is 0 Å². The third kappa shape index (κ3) is 6.62. The summed E-state index contributed by atoms with van der Waals surface area (Å²) in [4.78, 5) is 26.1. The van der Waals surface area contributed by atoms with Crippen LogP contribution in [0.1, 0.15) is 78.0 Å². The molecule has 1 aliphatic carbocycles. The van der Waals surface area contributed by atoms with E-state index in [1.807, 2.05) is 36.4 Å². The maximum Gasteiger partial charge on any atom is 0.408 e. The Morgan fingerprint density at radius 2 is 1.50 bits per heavy atom. The standard InChI is InChI=1S/C29H39NO4/c1-20-17-18-23(29(5,6)22-15-11-8-12-16-22)24(19-20)33-26(31)25(21-13-9-7-10-14-21)30-27(32)34-28(2,3)4/h7-16,20,23-25H,17-19H2,1-6H3,(H,30,32)/t20-,23-,24-,25-/m1/s1. The Labute approximate surface area is 204 Å². The molecule has 1 N–H and O–H groups in total. The monoisotopic (exact) mass is 465 g/mol. The van der Waals surface area contributed by atoms with Gasteiger partial charge in [-0.1, -0.05) is 87.9 Å². The minimum absolute atomic E-state index is 0.160. The lowest BCUT2D eigenvalue weighted by atomic mass is 9.64. The fourth-order valence-electron chi connectivity index (χ4n) is 4.93. The number of esters is 1. The molecule has 184 valence electrons. The van der Waals surface area contributed by atoms with Crippen molar-refractivity contribution in [3.63, 3.8) is 0 Å². The molecule has 0 bridgehead atoms. The summed E-state index contributed by atoms with van der Waals surface area (Å²) in [5.74, 6) is 0.188. The molecule has 4 atom stereocenters. The number of alkyl carbamates (subject to hydrolysis) is 1. The van der Waals surface area contributed by atoms with Crippen LogP contribution in [0.2, 0.25) is 0 Å². The summed E-state index contributed by atoms with van der Waals surface area (Å²) < 4.78 is 11.6. The van der Waals surface area contributed by atoms with E-state index >= 15 is 0 Å². The van der Waals surface area contributed by atoms with Crippen LogP contribution in [0.25, 0.3) is 0 Å². The number of ether oxygens (including phenoxy) is 2. The lowest BCUT2D eigenvalue weighted by Gasteiger charge is -2.44. The summed E-state index contributed by atoms with van der Waals surface area (Å²) in [5.41, 5.74) is 1.08. The van der Waals surface area contributed by atoms with Crippen LogP contribution < -0.4 is 5.32 Å². The third-order valence-electron chi connectivity index (χ3n) is 6.80. The summed E-state index contributed by atoms with van der Waals surface area (Å²) in [5, 5.41) is 2.74. The first-order valence-electron chi connectivity index (χ1n) is 12.3. The average molecular weight is 466 g/mol. The van der Waals surface area contributed by atoms with Crippen molar-refractivity contribution < 1.29 is 19.1 Å². The summed E-state index contributed by atoms with van der Waals surface area (Å²) >= 11 is 0. The van der Waals surface area contributed by atoms with Gasteiger partial charge < -0.3 is 14.8 Å². The Balaban J connectivity index is 1.84. The van der Waals surface area contributed by atoms with Gasteiger partial charge in [-0.3, -0.25) is 0 Å². The van der Waals surface area contributed by atoms with Crippen molar-refractivity contribution in [3.05, 3.63) is 71.8 Å². The molecule has 1 aliphatic rings. The zero-order valence-corrected chi connectivity index (χ0v) is 21.3.